The topological polar surface area (TPSA) is 105 Å². The van der Waals surface area contributed by atoms with Crippen molar-refractivity contribution in [1.29, 1.82) is 0 Å². The Balaban J connectivity index is 1.54. The normalized spacial score (nSPS) is 12.5. The highest BCUT2D eigenvalue weighted by Gasteiger charge is 2.29. The van der Waals surface area contributed by atoms with Crippen LogP contribution in [0.2, 0.25) is 0 Å². The molecule has 0 spiro atoms. The zero-order valence-electron chi connectivity index (χ0n) is 20.2. The summed E-state index contributed by atoms with van der Waals surface area (Å²) in [4.78, 5) is 25.4. The predicted octanol–water partition coefficient (Wildman–Crippen LogP) is 3.99. The van der Waals surface area contributed by atoms with Gasteiger partial charge in [0.05, 0.1) is 5.56 Å². The number of esters is 1. The molecule has 0 aromatic heterocycles. The Morgan fingerprint density at radius 1 is 0.971 bits per heavy atom. The molecule has 1 amide bonds. The third-order valence-electron chi connectivity index (χ3n) is 5.94. The van der Waals surface area contributed by atoms with Crippen molar-refractivity contribution in [3.63, 3.8) is 0 Å². The Bertz CT molecular complexity index is 1240. The highest BCUT2D eigenvalue weighted by Crippen LogP contribution is 2.44. The molecule has 1 aliphatic carbocycles. The monoisotopic (exact) mass is 473 g/mol. The number of carbonyl (C=O) groups is 2. The number of carbonyl (C=O) groups excluding carboxylic acids is 2. The summed E-state index contributed by atoms with van der Waals surface area (Å²) in [7, 11) is -1.83. The quantitative estimate of drug-likeness (QED) is 0.382. The average molecular weight is 473 g/mol. The number of amides is 1. The van der Waals surface area contributed by atoms with Crippen molar-refractivity contribution in [2.75, 3.05) is 11.9 Å². The van der Waals surface area contributed by atoms with Gasteiger partial charge in [-0.2, -0.15) is 0 Å². The molecule has 0 unspecified atom stereocenters. The second-order valence-electron chi connectivity index (χ2n) is 9.56. The minimum Gasteiger partial charge on any atom is -0.456 e. The van der Waals surface area contributed by atoms with E-state index < -0.39 is 24.8 Å². The van der Waals surface area contributed by atoms with E-state index in [1.54, 1.807) is 27.7 Å². The molecule has 35 heavy (non-hydrogen) atoms. The molecule has 3 aromatic rings. The molecular weight excluding hydrogens is 445 g/mol. The van der Waals surface area contributed by atoms with Gasteiger partial charge in [0.2, 0.25) is 0 Å². The molecule has 0 bridgehead atoms. The maximum absolute atomic E-state index is 12.8. The highest BCUT2D eigenvalue weighted by molar-refractivity contribution is 6.59. The van der Waals surface area contributed by atoms with Crippen LogP contribution >= 0.6 is 0 Å². The van der Waals surface area contributed by atoms with Crippen LogP contribution in [0.25, 0.3) is 11.1 Å². The number of fused-ring (bicyclic) bond motifs is 3. The van der Waals surface area contributed by atoms with Crippen molar-refractivity contribution in [3.8, 4) is 11.1 Å². The molecule has 4 rings (SSSR count). The third-order valence-corrected chi connectivity index (χ3v) is 5.94. The Kier molecular flexibility index (Phi) is 6.69. The van der Waals surface area contributed by atoms with Crippen LogP contribution in [0.3, 0.4) is 0 Å². The molecule has 8 heteroatoms. The number of hydrogen-bond donors (Lipinski definition) is 3. The smallest absolute Gasteiger partial charge is 0.456 e. The van der Waals surface area contributed by atoms with Gasteiger partial charge in [0.25, 0.3) is 0 Å². The number of anilines is 1. The maximum atomic E-state index is 12.8. The van der Waals surface area contributed by atoms with Gasteiger partial charge in [0.1, 0.15) is 12.2 Å². The van der Waals surface area contributed by atoms with Gasteiger partial charge in [0, 0.05) is 11.6 Å². The van der Waals surface area contributed by atoms with Gasteiger partial charge < -0.3 is 19.5 Å². The Hall–Kier alpha value is -3.62. The number of rotatable bonds is 5. The van der Waals surface area contributed by atoms with E-state index in [9.17, 15) is 19.6 Å². The van der Waals surface area contributed by atoms with Crippen LogP contribution in [0, 0.1) is 6.92 Å². The molecule has 0 aliphatic heterocycles. The van der Waals surface area contributed by atoms with Crippen molar-refractivity contribution >= 4 is 30.3 Å². The zero-order valence-corrected chi connectivity index (χ0v) is 20.2. The lowest BCUT2D eigenvalue weighted by molar-refractivity contribution is 0.00695. The summed E-state index contributed by atoms with van der Waals surface area (Å²) in [5, 5.41) is 22.2. The molecule has 7 nitrogen and oxygen atoms in total. The van der Waals surface area contributed by atoms with E-state index in [4.69, 9.17) is 9.47 Å². The lowest BCUT2D eigenvalue weighted by atomic mass is 9.76. The number of hydrogen-bond acceptors (Lipinski definition) is 6. The number of ether oxygens (including phenoxy) is 2. The summed E-state index contributed by atoms with van der Waals surface area (Å²) in [6.45, 7) is 6.94. The van der Waals surface area contributed by atoms with E-state index in [0.717, 1.165) is 22.3 Å². The molecule has 180 valence electrons. The molecule has 0 saturated carbocycles. The Labute approximate surface area is 204 Å². The molecule has 0 radical (unpaired) electrons. The van der Waals surface area contributed by atoms with E-state index in [1.807, 2.05) is 36.4 Å². The van der Waals surface area contributed by atoms with Crippen molar-refractivity contribution in [2.45, 2.75) is 39.2 Å². The fourth-order valence-corrected chi connectivity index (χ4v) is 4.33. The van der Waals surface area contributed by atoms with E-state index >= 15 is 0 Å². The fraction of sp³-hybridized carbons (Fsp3) is 0.259. The Morgan fingerprint density at radius 2 is 1.54 bits per heavy atom. The van der Waals surface area contributed by atoms with Crippen LogP contribution in [0.5, 0.6) is 0 Å². The van der Waals surface area contributed by atoms with Crippen LogP contribution in [0.4, 0.5) is 10.5 Å². The minimum atomic E-state index is -1.83. The van der Waals surface area contributed by atoms with Crippen LogP contribution in [0.15, 0.2) is 60.7 Å². The SMILES string of the molecule is Cc1c(NC(=O)OCC2c3ccccc3-c3ccccc32)cc(C(=O)OC(C)(C)C)cc1B(O)O. The Morgan fingerprint density at radius 3 is 2.09 bits per heavy atom. The van der Waals surface area contributed by atoms with Gasteiger partial charge in [-0.15, -0.1) is 0 Å². The van der Waals surface area contributed by atoms with Crippen molar-refractivity contribution < 1.29 is 29.1 Å². The maximum Gasteiger partial charge on any atom is 0.488 e. The van der Waals surface area contributed by atoms with Crippen molar-refractivity contribution in [2.24, 2.45) is 0 Å². The first-order valence-electron chi connectivity index (χ1n) is 11.4. The lowest BCUT2D eigenvalue weighted by Crippen LogP contribution is -2.34. The van der Waals surface area contributed by atoms with E-state index in [0.29, 0.717) is 5.56 Å². The zero-order chi connectivity index (χ0) is 25.3. The summed E-state index contributed by atoms with van der Waals surface area (Å²) in [6, 6.07) is 18.9. The standard InChI is InChI=1S/C27H28BNO6/c1-16-23(28(32)33)13-17(25(30)35-27(2,3)4)14-24(16)29-26(31)34-15-22-20-11-7-5-9-18(20)19-10-6-8-12-21(19)22/h5-14,22,32-33H,15H2,1-4H3,(H,29,31). The van der Waals surface area contributed by atoms with Gasteiger partial charge in [-0.3, -0.25) is 5.32 Å². The van der Waals surface area contributed by atoms with Gasteiger partial charge >= 0.3 is 19.2 Å². The predicted molar refractivity (Wildman–Crippen MR) is 135 cm³/mol. The number of benzene rings is 3. The van der Waals surface area contributed by atoms with E-state index in [1.165, 1.54) is 12.1 Å². The fourth-order valence-electron chi connectivity index (χ4n) is 4.33. The van der Waals surface area contributed by atoms with E-state index in [-0.39, 0.29) is 29.2 Å². The van der Waals surface area contributed by atoms with Crippen LogP contribution in [-0.2, 0) is 9.47 Å². The summed E-state index contributed by atoms with van der Waals surface area (Å²) < 4.78 is 11.0. The second kappa shape index (κ2) is 9.56. The second-order valence-corrected chi connectivity index (χ2v) is 9.56. The highest BCUT2D eigenvalue weighted by atomic mass is 16.6. The van der Waals surface area contributed by atoms with Gasteiger partial charge in [-0.25, -0.2) is 9.59 Å². The molecule has 0 heterocycles. The molecule has 0 saturated heterocycles. The third kappa shape index (κ3) is 5.23. The summed E-state index contributed by atoms with van der Waals surface area (Å²) in [5.41, 5.74) is 4.50. The lowest BCUT2D eigenvalue weighted by Gasteiger charge is -2.21. The number of nitrogens with one attached hydrogen (secondary N) is 1. The van der Waals surface area contributed by atoms with Crippen LogP contribution in [-0.4, -0.2) is 41.4 Å². The molecular formula is C27H28BNO6. The molecule has 3 aromatic carbocycles. The average Bonchev–Trinajstić information content (AvgIpc) is 3.11. The van der Waals surface area contributed by atoms with Crippen LogP contribution in [0.1, 0.15) is 53.7 Å². The molecule has 3 N–H and O–H groups in total. The molecule has 0 atom stereocenters. The summed E-state index contributed by atoms with van der Waals surface area (Å²) in [5.74, 6) is -0.743. The molecule has 1 aliphatic rings. The first kappa shape index (κ1) is 24.5. The van der Waals surface area contributed by atoms with Gasteiger partial charge in [-0.1, -0.05) is 48.5 Å². The van der Waals surface area contributed by atoms with Crippen molar-refractivity contribution in [3.05, 3.63) is 82.9 Å². The van der Waals surface area contributed by atoms with Crippen molar-refractivity contribution in [1.82, 2.24) is 0 Å². The minimum absolute atomic E-state index is 0.0855. The van der Waals surface area contributed by atoms with Crippen LogP contribution < -0.4 is 10.8 Å². The first-order valence-corrected chi connectivity index (χ1v) is 11.4. The summed E-state index contributed by atoms with van der Waals surface area (Å²) >= 11 is 0. The molecule has 0 fully saturated rings. The van der Waals surface area contributed by atoms with Gasteiger partial charge in [0.15, 0.2) is 0 Å². The largest absolute Gasteiger partial charge is 0.488 e. The van der Waals surface area contributed by atoms with E-state index in [2.05, 4.69) is 17.4 Å². The first-order chi connectivity index (χ1) is 16.5. The summed E-state index contributed by atoms with van der Waals surface area (Å²) in [6.07, 6.45) is -0.713. The van der Waals surface area contributed by atoms with Gasteiger partial charge in [-0.05, 0) is 73.1 Å².